The molecule has 1 aromatic carbocycles. The summed E-state index contributed by atoms with van der Waals surface area (Å²) in [6.45, 7) is 9.46. The molecule has 0 spiro atoms. The average molecular weight is 271 g/mol. The second-order valence-electron chi connectivity index (χ2n) is 4.97. The van der Waals surface area contributed by atoms with Crippen molar-refractivity contribution in [2.24, 2.45) is 0 Å². The van der Waals surface area contributed by atoms with Crippen LogP contribution < -0.4 is 9.64 Å². The van der Waals surface area contributed by atoms with Gasteiger partial charge >= 0.3 is 0 Å². The molecule has 2 amide bonds. The summed E-state index contributed by atoms with van der Waals surface area (Å²) in [7, 11) is 0. The van der Waals surface area contributed by atoms with Crippen molar-refractivity contribution in [1.82, 2.24) is 0 Å². The molecule has 4 nitrogen and oxygen atoms in total. The van der Waals surface area contributed by atoms with Crippen LogP contribution in [0.3, 0.4) is 0 Å². The van der Waals surface area contributed by atoms with Gasteiger partial charge in [-0.15, -0.1) is 0 Å². The summed E-state index contributed by atoms with van der Waals surface area (Å²) in [4.78, 5) is 25.3. The van der Waals surface area contributed by atoms with Gasteiger partial charge in [0, 0.05) is 11.6 Å². The first-order valence-electron chi connectivity index (χ1n) is 6.35. The standard InChI is InChI=1S/C16H17NO3/c1-10(2)9-20-13-7-5-6-11(3)15(13)17-14(18)8-12(4)16(17)19/h5-8H,1,9H2,2-4H3. The van der Waals surface area contributed by atoms with Crippen LogP contribution in [-0.2, 0) is 9.59 Å². The van der Waals surface area contributed by atoms with Gasteiger partial charge in [0.2, 0.25) is 0 Å². The van der Waals surface area contributed by atoms with Crippen LogP contribution >= 0.6 is 0 Å². The Labute approximate surface area is 118 Å². The van der Waals surface area contributed by atoms with Crippen LogP contribution in [-0.4, -0.2) is 18.4 Å². The van der Waals surface area contributed by atoms with Crippen LogP contribution in [0.15, 0.2) is 42.0 Å². The second kappa shape index (κ2) is 5.33. The summed E-state index contributed by atoms with van der Waals surface area (Å²) in [5, 5.41) is 0. The predicted octanol–water partition coefficient (Wildman–Crippen LogP) is 2.77. The molecule has 0 aliphatic carbocycles. The minimum atomic E-state index is -0.332. The Balaban J connectivity index is 2.43. The lowest BCUT2D eigenvalue weighted by Gasteiger charge is -2.21. The Hall–Kier alpha value is -2.36. The van der Waals surface area contributed by atoms with Crippen molar-refractivity contribution in [2.45, 2.75) is 20.8 Å². The molecule has 1 aliphatic heterocycles. The molecule has 20 heavy (non-hydrogen) atoms. The quantitative estimate of drug-likeness (QED) is 0.625. The number of hydrogen-bond acceptors (Lipinski definition) is 3. The molecular formula is C16H17NO3. The third kappa shape index (κ3) is 2.50. The number of anilines is 1. The van der Waals surface area contributed by atoms with E-state index in [4.69, 9.17) is 4.74 Å². The summed E-state index contributed by atoms with van der Waals surface area (Å²) in [5.41, 5.74) is 2.63. The van der Waals surface area contributed by atoms with Gasteiger partial charge in [-0.2, -0.15) is 0 Å². The number of carbonyl (C=O) groups excluding carboxylic acids is 2. The van der Waals surface area contributed by atoms with Crippen molar-refractivity contribution >= 4 is 17.5 Å². The molecule has 1 aliphatic rings. The number of hydrogen-bond donors (Lipinski definition) is 0. The number of imide groups is 1. The van der Waals surface area contributed by atoms with E-state index in [-0.39, 0.29) is 11.8 Å². The van der Waals surface area contributed by atoms with E-state index in [9.17, 15) is 9.59 Å². The Kier molecular flexibility index (Phi) is 3.74. The summed E-state index contributed by atoms with van der Waals surface area (Å²) in [6.07, 6.45) is 1.34. The first kappa shape index (κ1) is 14.1. The molecule has 0 fully saturated rings. The van der Waals surface area contributed by atoms with E-state index in [0.717, 1.165) is 11.1 Å². The molecule has 104 valence electrons. The summed E-state index contributed by atoms with van der Waals surface area (Å²) >= 11 is 0. The zero-order chi connectivity index (χ0) is 14.9. The van der Waals surface area contributed by atoms with Crippen LogP contribution in [0.5, 0.6) is 5.75 Å². The van der Waals surface area contributed by atoms with Crippen molar-refractivity contribution in [3.8, 4) is 5.75 Å². The van der Waals surface area contributed by atoms with Crippen molar-refractivity contribution in [1.29, 1.82) is 0 Å². The molecule has 0 saturated heterocycles. The fourth-order valence-corrected chi connectivity index (χ4v) is 2.04. The Morgan fingerprint density at radius 3 is 2.55 bits per heavy atom. The van der Waals surface area contributed by atoms with Gasteiger partial charge < -0.3 is 4.74 Å². The van der Waals surface area contributed by atoms with Gasteiger partial charge in [0.15, 0.2) is 0 Å². The van der Waals surface area contributed by atoms with Crippen LogP contribution in [0.2, 0.25) is 0 Å². The normalized spacial score (nSPS) is 14.6. The maximum absolute atomic E-state index is 12.1. The predicted molar refractivity (Wildman–Crippen MR) is 77.7 cm³/mol. The maximum atomic E-state index is 12.1. The van der Waals surface area contributed by atoms with Crippen LogP contribution in [0.1, 0.15) is 19.4 Å². The van der Waals surface area contributed by atoms with Gasteiger partial charge in [0.1, 0.15) is 12.4 Å². The Morgan fingerprint density at radius 1 is 1.30 bits per heavy atom. The van der Waals surface area contributed by atoms with E-state index < -0.39 is 0 Å². The summed E-state index contributed by atoms with van der Waals surface area (Å²) in [5.74, 6) is -0.121. The molecule has 0 saturated carbocycles. The highest BCUT2D eigenvalue weighted by molar-refractivity contribution is 6.31. The van der Waals surface area contributed by atoms with Gasteiger partial charge in [-0.1, -0.05) is 18.7 Å². The molecule has 0 aromatic heterocycles. The number of amides is 2. The van der Waals surface area contributed by atoms with E-state index in [1.54, 1.807) is 13.0 Å². The number of nitrogens with zero attached hydrogens (tertiary/aromatic N) is 1. The Morgan fingerprint density at radius 2 is 2.00 bits per heavy atom. The fraction of sp³-hybridized carbons (Fsp3) is 0.250. The van der Waals surface area contributed by atoms with Crippen molar-refractivity contribution in [2.75, 3.05) is 11.5 Å². The van der Waals surface area contributed by atoms with Crippen molar-refractivity contribution in [3.63, 3.8) is 0 Å². The number of carbonyl (C=O) groups is 2. The monoisotopic (exact) mass is 271 g/mol. The smallest absolute Gasteiger partial charge is 0.261 e. The Bertz CT molecular complexity index is 629. The lowest BCUT2D eigenvalue weighted by molar-refractivity contribution is -0.120. The SMILES string of the molecule is C=C(C)COc1cccc(C)c1N1C(=O)C=C(C)C1=O. The van der Waals surface area contributed by atoms with Crippen LogP contribution in [0, 0.1) is 6.92 Å². The topological polar surface area (TPSA) is 46.6 Å². The summed E-state index contributed by atoms with van der Waals surface area (Å²) in [6, 6.07) is 5.43. The third-order valence-corrected chi connectivity index (χ3v) is 3.00. The van der Waals surface area contributed by atoms with Gasteiger partial charge in [-0.3, -0.25) is 9.59 Å². The first-order valence-corrected chi connectivity index (χ1v) is 6.35. The molecule has 1 heterocycles. The van der Waals surface area contributed by atoms with Gasteiger partial charge in [-0.25, -0.2) is 4.90 Å². The van der Waals surface area contributed by atoms with Crippen molar-refractivity contribution < 1.29 is 14.3 Å². The van der Waals surface area contributed by atoms with Gasteiger partial charge in [-0.05, 0) is 38.0 Å². The van der Waals surface area contributed by atoms with Gasteiger partial charge in [0.05, 0.1) is 5.69 Å². The van der Waals surface area contributed by atoms with Crippen LogP contribution in [0.4, 0.5) is 5.69 Å². The molecule has 2 rings (SSSR count). The third-order valence-electron chi connectivity index (χ3n) is 3.00. The highest BCUT2D eigenvalue weighted by Gasteiger charge is 2.32. The van der Waals surface area contributed by atoms with E-state index in [0.29, 0.717) is 23.6 Å². The molecule has 1 aromatic rings. The second-order valence-corrected chi connectivity index (χ2v) is 4.97. The van der Waals surface area contributed by atoms with Crippen LogP contribution in [0.25, 0.3) is 0 Å². The zero-order valence-corrected chi connectivity index (χ0v) is 11.9. The largest absolute Gasteiger partial charge is 0.487 e. The van der Waals surface area contributed by atoms with Gasteiger partial charge in [0.25, 0.3) is 11.8 Å². The number of benzene rings is 1. The summed E-state index contributed by atoms with van der Waals surface area (Å²) < 4.78 is 5.65. The van der Waals surface area contributed by atoms with Crippen molar-refractivity contribution in [3.05, 3.63) is 47.6 Å². The lowest BCUT2D eigenvalue weighted by Crippen LogP contribution is -2.31. The van der Waals surface area contributed by atoms with E-state index >= 15 is 0 Å². The first-order chi connectivity index (χ1) is 9.41. The molecule has 0 unspecified atom stereocenters. The molecule has 0 bridgehead atoms. The van der Waals surface area contributed by atoms with E-state index in [2.05, 4.69) is 6.58 Å². The zero-order valence-electron chi connectivity index (χ0n) is 11.9. The number of rotatable bonds is 4. The maximum Gasteiger partial charge on any atom is 0.261 e. The molecule has 0 radical (unpaired) electrons. The highest BCUT2D eigenvalue weighted by Crippen LogP contribution is 2.35. The number of para-hydroxylation sites is 1. The lowest BCUT2D eigenvalue weighted by atomic mass is 10.1. The fourth-order valence-electron chi connectivity index (χ4n) is 2.04. The molecule has 0 N–H and O–H groups in total. The van der Waals surface area contributed by atoms with E-state index in [1.165, 1.54) is 11.0 Å². The highest BCUT2D eigenvalue weighted by atomic mass is 16.5. The molecule has 0 atom stereocenters. The average Bonchev–Trinajstić information content (AvgIpc) is 2.62. The molecule has 4 heteroatoms. The number of ether oxygens (including phenoxy) is 1. The van der Waals surface area contributed by atoms with E-state index in [1.807, 2.05) is 26.0 Å². The minimum absolute atomic E-state index is 0.301. The molecular weight excluding hydrogens is 254 g/mol. The number of aryl methyl sites for hydroxylation is 1. The minimum Gasteiger partial charge on any atom is -0.487 e.